The summed E-state index contributed by atoms with van der Waals surface area (Å²) < 4.78 is 1.96. The third-order valence-electron chi connectivity index (χ3n) is 3.03. The van der Waals surface area contributed by atoms with Gasteiger partial charge in [-0.3, -0.25) is 9.20 Å². The summed E-state index contributed by atoms with van der Waals surface area (Å²) in [7, 11) is 0. The van der Waals surface area contributed by atoms with Crippen molar-refractivity contribution in [2.24, 2.45) is 5.92 Å². The van der Waals surface area contributed by atoms with Gasteiger partial charge in [-0.2, -0.15) is 0 Å². The van der Waals surface area contributed by atoms with Crippen LogP contribution in [0.15, 0.2) is 17.8 Å². The monoisotopic (exact) mass is 237 g/mol. The molecule has 1 fully saturated rings. The molecule has 3 rings (SSSR count). The van der Waals surface area contributed by atoms with Crippen molar-refractivity contribution in [3.63, 3.8) is 0 Å². The first-order valence-electron chi connectivity index (χ1n) is 5.14. The quantitative estimate of drug-likeness (QED) is 0.821. The Bertz CT molecular complexity index is 533. The highest BCUT2D eigenvalue weighted by Gasteiger charge is 2.35. The van der Waals surface area contributed by atoms with Crippen LogP contribution in [0.2, 0.25) is 0 Å². The summed E-state index contributed by atoms with van der Waals surface area (Å²) in [6.45, 7) is 0.749. The number of aliphatic carboxylic acids is 1. The summed E-state index contributed by atoms with van der Waals surface area (Å²) in [5.74, 6) is -1.08. The van der Waals surface area contributed by atoms with Crippen molar-refractivity contribution >= 4 is 22.3 Å². The van der Waals surface area contributed by atoms with Gasteiger partial charge >= 0.3 is 5.97 Å². The molecule has 2 aromatic heterocycles. The van der Waals surface area contributed by atoms with Crippen molar-refractivity contribution in [1.82, 2.24) is 14.7 Å². The molecular formula is C10H11N3O2S. The Morgan fingerprint density at radius 1 is 1.69 bits per heavy atom. The fourth-order valence-corrected chi connectivity index (χ4v) is 2.95. The van der Waals surface area contributed by atoms with E-state index in [1.54, 1.807) is 17.5 Å². The van der Waals surface area contributed by atoms with Crippen LogP contribution >= 0.6 is 11.3 Å². The molecule has 0 bridgehead atoms. The van der Waals surface area contributed by atoms with Gasteiger partial charge in [-0.25, -0.2) is 4.98 Å². The van der Waals surface area contributed by atoms with Gasteiger partial charge in [0.05, 0.1) is 23.9 Å². The Morgan fingerprint density at radius 3 is 3.38 bits per heavy atom. The highest BCUT2D eigenvalue weighted by Crippen LogP contribution is 2.30. The molecule has 2 aromatic rings. The highest BCUT2D eigenvalue weighted by atomic mass is 32.1. The maximum atomic E-state index is 11.1. The van der Waals surface area contributed by atoms with Crippen LogP contribution in [0, 0.1) is 5.92 Å². The summed E-state index contributed by atoms with van der Waals surface area (Å²) in [5.41, 5.74) is 0.946. The van der Waals surface area contributed by atoms with Gasteiger partial charge in [0.15, 0.2) is 4.96 Å². The minimum Gasteiger partial charge on any atom is -0.481 e. The van der Waals surface area contributed by atoms with E-state index < -0.39 is 5.97 Å². The van der Waals surface area contributed by atoms with Crippen LogP contribution in [0.5, 0.6) is 0 Å². The molecule has 84 valence electrons. The molecule has 1 aliphatic rings. The molecule has 0 saturated carbocycles. The van der Waals surface area contributed by atoms with Crippen molar-refractivity contribution in [3.8, 4) is 0 Å². The minimum atomic E-state index is -0.736. The van der Waals surface area contributed by atoms with Crippen LogP contribution in [0.4, 0.5) is 0 Å². The second-order valence-corrected chi connectivity index (χ2v) is 4.78. The molecule has 0 aromatic carbocycles. The first-order chi connectivity index (χ1) is 7.77. The zero-order valence-electron chi connectivity index (χ0n) is 8.46. The Kier molecular flexibility index (Phi) is 2.19. The lowest BCUT2D eigenvalue weighted by Gasteiger charge is -2.14. The molecule has 2 unspecified atom stereocenters. The normalized spacial score (nSPS) is 25.2. The standard InChI is InChI=1S/C10H11N3O2S/c14-9(15)6-1-2-11-8(6)7-5-12-10-13(7)3-4-16-10/h3-6,8,11H,1-2H2,(H,14,15). The first-order valence-corrected chi connectivity index (χ1v) is 6.02. The summed E-state index contributed by atoms with van der Waals surface area (Å²) in [6.07, 6.45) is 4.38. The Balaban J connectivity index is 2.03. The molecule has 1 aliphatic heterocycles. The highest BCUT2D eigenvalue weighted by molar-refractivity contribution is 7.15. The Hall–Kier alpha value is -1.40. The second kappa shape index (κ2) is 3.57. The van der Waals surface area contributed by atoms with E-state index >= 15 is 0 Å². The lowest BCUT2D eigenvalue weighted by molar-refractivity contribution is -0.142. The minimum absolute atomic E-state index is 0.123. The van der Waals surface area contributed by atoms with Gasteiger partial charge in [0, 0.05) is 11.6 Å². The Labute approximate surface area is 95.7 Å². The van der Waals surface area contributed by atoms with Gasteiger partial charge in [0.2, 0.25) is 0 Å². The molecule has 0 amide bonds. The smallest absolute Gasteiger partial charge is 0.308 e. The number of hydrogen-bond donors (Lipinski definition) is 2. The lowest BCUT2D eigenvalue weighted by Crippen LogP contribution is -2.24. The van der Waals surface area contributed by atoms with Gasteiger partial charge in [-0.15, -0.1) is 11.3 Å². The lowest BCUT2D eigenvalue weighted by atomic mass is 9.99. The van der Waals surface area contributed by atoms with Gasteiger partial charge in [0.25, 0.3) is 0 Å². The van der Waals surface area contributed by atoms with E-state index in [2.05, 4.69) is 10.3 Å². The molecule has 1 saturated heterocycles. The fourth-order valence-electron chi connectivity index (χ4n) is 2.26. The molecule has 5 nitrogen and oxygen atoms in total. The fraction of sp³-hybridized carbons (Fsp3) is 0.400. The van der Waals surface area contributed by atoms with Crippen molar-refractivity contribution in [2.45, 2.75) is 12.5 Å². The van der Waals surface area contributed by atoms with Crippen LogP contribution in [0.3, 0.4) is 0 Å². The van der Waals surface area contributed by atoms with Crippen molar-refractivity contribution in [3.05, 3.63) is 23.5 Å². The maximum absolute atomic E-state index is 11.1. The van der Waals surface area contributed by atoms with E-state index in [1.165, 1.54) is 0 Å². The van der Waals surface area contributed by atoms with Crippen LogP contribution in [-0.4, -0.2) is 27.0 Å². The van der Waals surface area contributed by atoms with Crippen molar-refractivity contribution in [2.75, 3.05) is 6.54 Å². The number of nitrogens with zero attached hydrogens (tertiary/aromatic N) is 2. The predicted octanol–water partition coefficient (Wildman–Crippen LogP) is 1.13. The SMILES string of the molecule is O=C(O)C1CCNC1c1cnc2sccn12. The Morgan fingerprint density at radius 2 is 2.56 bits per heavy atom. The third kappa shape index (κ3) is 1.34. The number of carboxylic acids is 1. The average Bonchev–Trinajstić information content (AvgIpc) is 2.92. The van der Waals surface area contributed by atoms with Crippen molar-refractivity contribution < 1.29 is 9.90 Å². The number of carbonyl (C=O) groups is 1. The van der Waals surface area contributed by atoms with E-state index in [-0.39, 0.29) is 12.0 Å². The number of rotatable bonds is 2. The average molecular weight is 237 g/mol. The van der Waals surface area contributed by atoms with E-state index in [0.29, 0.717) is 6.42 Å². The summed E-state index contributed by atoms with van der Waals surface area (Å²) in [5, 5.41) is 14.3. The van der Waals surface area contributed by atoms with E-state index in [9.17, 15) is 4.79 Å². The summed E-state index contributed by atoms with van der Waals surface area (Å²) in [4.78, 5) is 16.3. The summed E-state index contributed by atoms with van der Waals surface area (Å²) >= 11 is 1.55. The number of nitrogens with one attached hydrogen (secondary N) is 1. The third-order valence-corrected chi connectivity index (χ3v) is 3.80. The van der Waals surface area contributed by atoms with Crippen molar-refractivity contribution in [1.29, 1.82) is 0 Å². The second-order valence-electron chi connectivity index (χ2n) is 3.90. The molecular weight excluding hydrogens is 226 g/mol. The molecule has 6 heteroatoms. The number of carboxylic acid groups (broad SMARTS) is 1. The number of hydrogen-bond acceptors (Lipinski definition) is 4. The van der Waals surface area contributed by atoms with Crippen LogP contribution in [-0.2, 0) is 4.79 Å². The zero-order valence-corrected chi connectivity index (χ0v) is 9.28. The predicted molar refractivity (Wildman–Crippen MR) is 59.6 cm³/mol. The van der Waals surface area contributed by atoms with E-state index in [0.717, 1.165) is 17.2 Å². The number of thiazole rings is 1. The topological polar surface area (TPSA) is 66.6 Å². The van der Waals surface area contributed by atoms with Gasteiger partial charge in [-0.1, -0.05) is 0 Å². The largest absolute Gasteiger partial charge is 0.481 e. The van der Waals surface area contributed by atoms with E-state index in [4.69, 9.17) is 5.11 Å². The maximum Gasteiger partial charge on any atom is 0.308 e. The molecule has 3 heterocycles. The van der Waals surface area contributed by atoms with Crippen LogP contribution < -0.4 is 5.32 Å². The molecule has 0 spiro atoms. The number of fused-ring (bicyclic) bond motifs is 1. The zero-order chi connectivity index (χ0) is 11.1. The number of aromatic nitrogens is 2. The van der Waals surface area contributed by atoms with Gasteiger partial charge < -0.3 is 10.4 Å². The van der Waals surface area contributed by atoms with E-state index in [1.807, 2.05) is 16.0 Å². The molecule has 2 N–H and O–H groups in total. The first kappa shape index (κ1) is 9.80. The molecule has 2 atom stereocenters. The molecule has 0 radical (unpaired) electrons. The summed E-state index contributed by atoms with van der Waals surface area (Å²) in [6, 6.07) is -0.123. The van der Waals surface area contributed by atoms with Crippen LogP contribution in [0.1, 0.15) is 18.2 Å². The number of imidazole rings is 1. The van der Waals surface area contributed by atoms with Crippen LogP contribution in [0.25, 0.3) is 4.96 Å². The van der Waals surface area contributed by atoms with Gasteiger partial charge in [-0.05, 0) is 13.0 Å². The van der Waals surface area contributed by atoms with Gasteiger partial charge in [0.1, 0.15) is 0 Å². The molecule has 0 aliphatic carbocycles. The molecule has 16 heavy (non-hydrogen) atoms.